The zero-order valence-electron chi connectivity index (χ0n) is 19.3. The van der Waals surface area contributed by atoms with Crippen molar-refractivity contribution >= 4 is 24.1 Å². The van der Waals surface area contributed by atoms with Crippen LogP contribution in [0.15, 0.2) is 0 Å². The molecule has 0 aromatic carbocycles. The molecular weight excluding hydrogens is 400 g/mol. The van der Waals surface area contributed by atoms with Crippen LogP contribution < -0.4 is 10.6 Å². The predicted molar refractivity (Wildman–Crippen MR) is 106 cm³/mol. The third-order valence-electron chi connectivity index (χ3n) is 4.22. The molecule has 2 atom stereocenters. The third-order valence-corrected chi connectivity index (χ3v) is 4.22. The van der Waals surface area contributed by atoms with Crippen LogP contribution in [-0.2, 0) is 33.3 Å². The number of ether oxygens (including phenoxy) is 5. The highest BCUT2D eigenvalue weighted by atomic mass is 16.6. The average molecular weight is 434 g/mol. The summed E-state index contributed by atoms with van der Waals surface area (Å²) in [6, 6.07) is -2.78. The number of rotatable bonds is 8. The molecule has 0 fully saturated rings. The smallest absolute Gasteiger partial charge is 0.408 e. The van der Waals surface area contributed by atoms with E-state index in [1.165, 1.54) is 41.9 Å². The summed E-state index contributed by atoms with van der Waals surface area (Å²) in [6.45, 7) is 11.0. The molecule has 0 heterocycles. The maximum atomic E-state index is 12.8. The van der Waals surface area contributed by atoms with E-state index in [1.807, 2.05) is 0 Å². The lowest BCUT2D eigenvalue weighted by Gasteiger charge is -2.34. The number of amides is 2. The maximum Gasteiger partial charge on any atom is 0.408 e. The molecule has 30 heavy (non-hydrogen) atoms. The second-order valence-electron chi connectivity index (χ2n) is 8.50. The monoisotopic (exact) mass is 434 g/mol. The molecule has 0 aliphatic rings. The first-order valence-corrected chi connectivity index (χ1v) is 9.20. The van der Waals surface area contributed by atoms with Gasteiger partial charge in [-0.2, -0.15) is 0 Å². The van der Waals surface area contributed by atoms with Crippen molar-refractivity contribution < 1.29 is 42.9 Å². The van der Waals surface area contributed by atoms with Gasteiger partial charge in [0.2, 0.25) is 0 Å². The molecule has 0 radical (unpaired) electrons. The highest BCUT2D eigenvalue weighted by Crippen LogP contribution is 2.19. The van der Waals surface area contributed by atoms with Gasteiger partial charge in [-0.15, -0.1) is 0 Å². The van der Waals surface area contributed by atoms with E-state index in [9.17, 15) is 19.2 Å². The molecule has 0 saturated heterocycles. The van der Waals surface area contributed by atoms with Gasteiger partial charge in [0.05, 0.1) is 18.3 Å². The van der Waals surface area contributed by atoms with Crippen molar-refractivity contribution in [2.75, 3.05) is 21.3 Å². The van der Waals surface area contributed by atoms with Crippen LogP contribution in [0.25, 0.3) is 0 Å². The summed E-state index contributed by atoms with van der Waals surface area (Å²) in [5, 5.41) is 4.63. The molecular formula is C19H34N2O9. The number of hydrogen-bond donors (Lipinski definition) is 2. The van der Waals surface area contributed by atoms with Crippen molar-refractivity contribution in [3.8, 4) is 0 Å². The van der Waals surface area contributed by atoms with Crippen molar-refractivity contribution in [3.05, 3.63) is 0 Å². The zero-order chi connectivity index (χ0) is 23.9. The van der Waals surface area contributed by atoms with E-state index in [1.54, 1.807) is 20.8 Å². The van der Waals surface area contributed by atoms with Crippen molar-refractivity contribution in [2.45, 2.75) is 77.4 Å². The Hall–Kier alpha value is -2.40. The van der Waals surface area contributed by atoms with Gasteiger partial charge < -0.3 is 34.3 Å². The number of alkyl carbamates (subject to hydrolysis) is 2. The van der Waals surface area contributed by atoms with E-state index in [4.69, 9.17) is 18.9 Å². The molecule has 0 aromatic rings. The fourth-order valence-corrected chi connectivity index (χ4v) is 2.09. The van der Waals surface area contributed by atoms with Crippen molar-refractivity contribution in [2.24, 2.45) is 0 Å². The van der Waals surface area contributed by atoms with Crippen LogP contribution in [-0.4, -0.2) is 74.3 Å². The van der Waals surface area contributed by atoms with Crippen LogP contribution in [0.1, 0.15) is 48.5 Å². The number of methoxy groups -OCH3 is 3. The highest BCUT2D eigenvalue weighted by Gasteiger charge is 2.44. The first-order valence-electron chi connectivity index (χ1n) is 9.20. The zero-order valence-corrected chi connectivity index (χ0v) is 19.3. The molecule has 0 aliphatic heterocycles. The normalized spacial score (nSPS) is 14.2. The fraction of sp³-hybridized carbons (Fsp3) is 0.789. The molecule has 2 amide bonds. The summed E-state index contributed by atoms with van der Waals surface area (Å²) < 4.78 is 25.1. The average Bonchev–Trinajstić information content (AvgIpc) is 2.61. The minimum atomic E-state index is -1.40. The summed E-state index contributed by atoms with van der Waals surface area (Å²) in [6.07, 6.45) is -1.82. The van der Waals surface area contributed by atoms with Crippen LogP contribution in [0.3, 0.4) is 0 Å². The van der Waals surface area contributed by atoms with Crippen LogP contribution in [0.5, 0.6) is 0 Å². The number of hydrogen-bond acceptors (Lipinski definition) is 9. The lowest BCUT2D eigenvalue weighted by Crippen LogP contribution is -2.59. The van der Waals surface area contributed by atoms with E-state index >= 15 is 0 Å². The Balaban J connectivity index is 5.65. The van der Waals surface area contributed by atoms with Gasteiger partial charge >= 0.3 is 24.1 Å². The number of esters is 2. The molecule has 11 nitrogen and oxygen atoms in total. The molecule has 0 saturated carbocycles. The minimum absolute atomic E-state index is 0.816. The van der Waals surface area contributed by atoms with Gasteiger partial charge in [-0.25, -0.2) is 19.2 Å². The Morgan fingerprint density at radius 3 is 1.33 bits per heavy atom. The SMILES string of the molecule is COC(=O)NC(C(=O)OC(=O)C(NC(=O)OC(C)(C)C)C(C)(C)OC)C(C)(C)OC. The molecule has 0 aromatic heterocycles. The van der Waals surface area contributed by atoms with Crippen molar-refractivity contribution in [3.63, 3.8) is 0 Å². The predicted octanol–water partition coefficient (Wildman–Crippen LogP) is 1.52. The summed E-state index contributed by atoms with van der Waals surface area (Å²) in [5.41, 5.74) is -3.31. The van der Waals surface area contributed by atoms with Crippen molar-refractivity contribution in [1.82, 2.24) is 10.6 Å². The van der Waals surface area contributed by atoms with Gasteiger partial charge in [0.25, 0.3) is 0 Å². The molecule has 0 bridgehead atoms. The minimum Gasteiger partial charge on any atom is -0.453 e. The van der Waals surface area contributed by atoms with Crippen LogP contribution in [0, 0.1) is 0 Å². The molecule has 11 heteroatoms. The summed E-state index contributed by atoms with van der Waals surface area (Å²) >= 11 is 0. The highest BCUT2D eigenvalue weighted by molar-refractivity contribution is 5.94. The molecule has 174 valence electrons. The maximum absolute atomic E-state index is 12.8. The molecule has 2 N–H and O–H groups in total. The molecule has 0 rings (SSSR count). The van der Waals surface area contributed by atoms with Gasteiger partial charge in [0, 0.05) is 14.2 Å². The van der Waals surface area contributed by atoms with Gasteiger partial charge in [-0.3, -0.25) is 0 Å². The van der Waals surface area contributed by atoms with Gasteiger partial charge in [0.1, 0.15) is 5.60 Å². The van der Waals surface area contributed by atoms with Crippen LogP contribution in [0.4, 0.5) is 9.59 Å². The Morgan fingerprint density at radius 1 is 0.667 bits per heavy atom. The Morgan fingerprint density at radius 2 is 1.03 bits per heavy atom. The first kappa shape index (κ1) is 27.6. The van der Waals surface area contributed by atoms with Gasteiger partial charge in [-0.1, -0.05) is 0 Å². The quantitative estimate of drug-likeness (QED) is 0.331. The molecule has 0 spiro atoms. The van der Waals surface area contributed by atoms with E-state index in [2.05, 4.69) is 15.4 Å². The third kappa shape index (κ3) is 8.54. The van der Waals surface area contributed by atoms with E-state index < -0.39 is 53.0 Å². The molecule has 2 unspecified atom stereocenters. The van der Waals surface area contributed by atoms with Gasteiger partial charge in [-0.05, 0) is 48.5 Å². The summed E-state index contributed by atoms with van der Waals surface area (Å²) in [5.74, 6) is -2.22. The summed E-state index contributed by atoms with van der Waals surface area (Å²) in [7, 11) is 3.76. The van der Waals surface area contributed by atoms with Gasteiger partial charge in [0.15, 0.2) is 12.1 Å². The van der Waals surface area contributed by atoms with E-state index in [0.29, 0.717) is 0 Å². The topological polar surface area (TPSA) is 138 Å². The van der Waals surface area contributed by atoms with E-state index in [-0.39, 0.29) is 0 Å². The van der Waals surface area contributed by atoms with Crippen molar-refractivity contribution in [1.29, 1.82) is 0 Å². The Kier molecular flexibility index (Phi) is 9.73. The standard InChI is InChI=1S/C19H34N2O9/c1-17(2,3)30-16(25)21-12(19(6,7)28-10)14(23)29-13(22)11(18(4,5)27-9)20-15(24)26-8/h11-12H,1-10H3,(H,20,24)(H,21,25). The lowest BCUT2D eigenvalue weighted by molar-refractivity contribution is -0.170. The fourth-order valence-electron chi connectivity index (χ4n) is 2.09. The van der Waals surface area contributed by atoms with Crippen LogP contribution >= 0.6 is 0 Å². The number of carbonyl (C=O) groups excluding carboxylic acids is 4. The Bertz CT molecular complexity index is 638. The first-order chi connectivity index (χ1) is 13.5. The summed E-state index contributed by atoms with van der Waals surface area (Å²) in [4.78, 5) is 49.2. The second kappa shape index (κ2) is 10.6. The number of nitrogens with one attached hydrogen (secondary N) is 2. The number of carbonyl (C=O) groups is 4. The largest absolute Gasteiger partial charge is 0.453 e. The molecule has 0 aliphatic carbocycles. The lowest BCUT2D eigenvalue weighted by atomic mass is 9.97. The van der Waals surface area contributed by atoms with Crippen LogP contribution in [0.2, 0.25) is 0 Å². The Labute approximate surface area is 177 Å². The second-order valence-corrected chi connectivity index (χ2v) is 8.50. The van der Waals surface area contributed by atoms with E-state index in [0.717, 1.165) is 7.11 Å².